The van der Waals surface area contributed by atoms with Gasteiger partial charge in [-0.3, -0.25) is 4.79 Å². The summed E-state index contributed by atoms with van der Waals surface area (Å²) < 4.78 is 6.68. The van der Waals surface area contributed by atoms with Crippen LogP contribution < -0.4 is 15.4 Å². The van der Waals surface area contributed by atoms with Gasteiger partial charge in [-0.1, -0.05) is 46.3 Å². The first-order valence-corrected chi connectivity index (χ1v) is 8.31. The van der Waals surface area contributed by atoms with Crippen molar-refractivity contribution in [1.82, 2.24) is 10.6 Å². The van der Waals surface area contributed by atoms with Crippen LogP contribution in [0.15, 0.2) is 53.0 Å². The highest BCUT2D eigenvalue weighted by Crippen LogP contribution is 2.24. The average Bonchev–Trinajstić information content (AvgIpc) is 2.59. The van der Waals surface area contributed by atoms with Gasteiger partial charge in [0.25, 0.3) is 5.91 Å². The summed E-state index contributed by atoms with van der Waals surface area (Å²) in [6.07, 6.45) is 0. The van der Waals surface area contributed by atoms with Crippen LogP contribution in [0, 0.1) is 0 Å². The molecule has 2 aromatic carbocycles. The van der Waals surface area contributed by atoms with Gasteiger partial charge in [0.15, 0.2) is 0 Å². The SMILES string of the molecule is CNC(C)CNC(=O)c1cc(Br)ccc1OCc1ccccc1. The van der Waals surface area contributed by atoms with E-state index in [9.17, 15) is 4.79 Å². The monoisotopic (exact) mass is 376 g/mol. The molecule has 5 heteroatoms. The number of ether oxygens (including phenoxy) is 1. The zero-order chi connectivity index (χ0) is 16.7. The van der Waals surface area contributed by atoms with Crippen LogP contribution >= 0.6 is 15.9 Å². The van der Waals surface area contributed by atoms with Crippen LogP contribution in [0.4, 0.5) is 0 Å². The van der Waals surface area contributed by atoms with E-state index in [-0.39, 0.29) is 11.9 Å². The second kappa shape index (κ2) is 8.70. The number of carbonyl (C=O) groups is 1. The maximum Gasteiger partial charge on any atom is 0.255 e. The van der Waals surface area contributed by atoms with Gasteiger partial charge in [0.1, 0.15) is 12.4 Å². The Balaban J connectivity index is 2.08. The minimum absolute atomic E-state index is 0.142. The van der Waals surface area contributed by atoms with Crippen molar-refractivity contribution in [3.8, 4) is 5.75 Å². The molecule has 2 aromatic rings. The van der Waals surface area contributed by atoms with Crippen LogP contribution in [0.1, 0.15) is 22.8 Å². The maximum absolute atomic E-state index is 12.4. The van der Waals surface area contributed by atoms with Gasteiger partial charge in [0.2, 0.25) is 0 Å². The van der Waals surface area contributed by atoms with Crippen LogP contribution in [-0.2, 0) is 6.61 Å². The lowest BCUT2D eigenvalue weighted by Crippen LogP contribution is -2.37. The Morgan fingerprint density at radius 3 is 2.65 bits per heavy atom. The standard InChI is InChI=1S/C18H21BrN2O2/c1-13(20-2)11-21-18(22)16-10-15(19)8-9-17(16)23-12-14-6-4-3-5-7-14/h3-10,13,20H,11-12H2,1-2H3,(H,21,22). The molecule has 122 valence electrons. The lowest BCUT2D eigenvalue weighted by molar-refractivity contribution is 0.0946. The molecule has 0 aliphatic carbocycles. The zero-order valence-corrected chi connectivity index (χ0v) is 14.9. The molecule has 0 saturated carbocycles. The molecule has 23 heavy (non-hydrogen) atoms. The van der Waals surface area contributed by atoms with Crippen molar-refractivity contribution in [2.45, 2.75) is 19.6 Å². The molecule has 0 heterocycles. The number of nitrogens with one attached hydrogen (secondary N) is 2. The van der Waals surface area contributed by atoms with Gasteiger partial charge in [-0.15, -0.1) is 0 Å². The molecular formula is C18H21BrN2O2. The van der Waals surface area contributed by atoms with Gasteiger partial charge in [-0.25, -0.2) is 0 Å². The van der Waals surface area contributed by atoms with Gasteiger partial charge in [-0.05, 0) is 37.7 Å². The van der Waals surface area contributed by atoms with Crippen molar-refractivity contribution >= 4 is 21.8 Å². The maximum atomic E-state index is 12.4. The van der Waals surface area contributed by atoms with Gasteiger partial charge in [-0.2, -0.15) is 0 Å². The molecule has 0 spiro atoms. The average molecular weight is 377 g/mol. The molecule has 4 nitrogen and oxygen atoms in total. The number of rotatable bonds is 7. The lowest BCUT2D eigenvalue weighted by Gasteiger charge is -2.14. The molecule has 2 rings (SSSR count). The third-order valence-corrected chi connectivity index (χ3v) is 3.98. The van der Waals surface area contributed by atoms with Gasteiger partial charge >= 0.3 is 0 Å². The van der Waals surface area contributed by atoms with Crippen LogP contribution in [-0.4, -0.2) is 25.5 Å². The summed E-state index contributed by atoms with van der Waals surface area (Å²) in [6.45, 7) is 2.99. The fourth-order valence-electron chi connectivity index (χ4n) is 1.98. The molecule has 1 unspecified atom stereocenters. The summed E-state index contributed by atoms with van der Waals surface area (Å²) in [5, 5.41) is 6.00. The summed E-state index contributed by atoms with van der Waals surface area (Å²) >= 11 is 3.41. The number of halogens is 1. The normalized spacial score (nSPS) is 11.8. The Labute approximate surface area is 145 Å². The first kappa shape index (κ1) is 17.5. The fourth-order valence-corrected chi connectivity index (χ4v) is 2.34. The van der Waals surface area contributed by atoms with Crippen LogP contribution in [0.2, 0.25) is 0 Å². The molecule has 0 aromatic heterocycles. The summed E-state index contributed by atoms with van der Waals surface area (Å²) in [7, 11) is 1.87. The number of hydrogen-bond acceptors (Lipinski definition) is 3. The predicted octanol–water partition coefficient (Wildman–Crippen LogP) is 3.37. The predicted molar refractivity (Wildman–Crippen MR) is 95.8 cm³/mol. The topological polar surface area (TPSA) is 50.4 Å². The van der Waals surface area contributed by atoms with E-state index in [0.29, 0.717) is 24.5 Å². The lowest BCUT2D eigenvalue weighted by atomic mass is 10.1. The Hall–Kier alpha value is -1.85. The second-order valence-electron chi connectivity index (χ2n) is 5.31. The summed E-state index contributed by atoms with van der Waals surface area (Å²) in [5.41, 5.74) is 1.59. The van der Waals surface area contributed by atoms with Crippen molar-refractivity contribution in [3.63, 3.8) is 0 Å². The third-order valence-electron chi connectivity index (χ3n) is 3.49. The second-order valence-corrected chi connectivity index (χ2v) is 6.23. The molecular weight excluding hydrogens is 356 g/mol. The Bertz CT molecular complexity index is 647. The molecule has 0 bridgehead atoms. The smallest absolute Gasteiger partial charge is 0.255 e. The molecule has 1 atom stereocenters. The van der Waals surface area contributed by atoms with E-state index >= 15 is 0 Å². The Morgan fingerprint density at radius 1 is 1.22 bits per heavy atom. The molecule has 0 radical (unpaired) electrons. The molecule has 2 N–H and O–H groups in total. The Morgan fingerprint density at radius 2 is 1.96 bits per heavy atom. The summed E-state index contributed by atoms with van der Waals surface area (Å²) in [5.74, 6) is 0.433. The highest BCUT2D eigenvalue weighted by Gasteiger charge is 2.14. The zero-order valence-electron chi connectivity index (χ0n) is 13.3. The highest BCUT2D eigenvalue weighted by molar-refractivity contribution is 9.10. The molecule has 1 amide bonds. The molecule has 0 aliphatic rings. The van der Waals surface area contributed by atoms with E-state index in [1.165, 1.54) is 0 Å². The van der Waals surface area contributed by atoms with Crippen molar-refractivity contribution in [2.75, 3.05) is 13.6 Å². The van der Waals surface area contributed by atoms with Gasteiger partial charge < -0.3 is 15.4 Å². The largest absolute Gasteiger partial charge is 0.488 e. The van der Waals surface area contributed by atoms with Crippen LogP contribution in [0.5, 0.6) is 5.75 Å². The van der Waals surface area contributed by atoms with E-state index in [4.69, 9.17) is 4.74 Å². The van der Waals surface area contributed by atoms with E-state index < -0.39 is 0 Å². The van der Waals surface area contributed by atoms with E-state index in [2.05, 4.69) is 26.6 Å². The van der Waals surface area contributed by atoms with Crippen LogP contribution in [0.25, 0.3) is 0 Å². The highest BCUT2D eigenvalue weighted by atomic mass is 79.9. The fraction of sp³-hybridized carbons (Fsp3) is 0.278. The van der Waals surface area contributed by atoms with E-state index in [0.717, 1.165) is 10.0 Å². The minimum atomic E-state index is -0.142. The molecule has 0 aliphatic heterocycles. The number of carbonyl (C=O) groups excluding carboxylic acids is 1. The van der Waals surface area contributed by atoms with E-state index in [1.54, 1.807) is 6.07 Å². The first-order chi connectivity index (χ1) is 11.1. The van der Waals surface area contributed by atoms with E-state index in [1.807, 2.05) is 56.4 Å². The summed E-state index contributed by atoms with van der Waals surface area (Å²) in [6, 6.07) is 15.5. The number of likely N-dealkylation sites (N-methyl/N-ethyl adjacent to an activating group) is 1. The van der Waals surface area contributed by atoms with Crippen LogP contribution in [0.3, 0.4) is 0 Å². The van der Waals surface area contributed by atoms with Crippen molar-refractivity contribution < 1.29 is 9.53 Å². The van der Waals surface area contributed by atoms with Gasteiger partial charge in [0, 0.05) is 17.1 Å². The molecule has 0 saturated heterocycles. The molecule has 0 fully saturated rings. The summed E-state index contributed by atoms with van der Waals surface area (Å²) in [4.78, 5) is 12.4. The van der Waals surface area contributed by atoms with Crippen molar-refractivity contribution in [1.29, 1.82) is 0 Å². The number of benzene rings is 2. The number of amides is 1. The minimum Gasteiger partial charge on any atom is -0.488 e. The third kappa shape index (κ3) is 5.37. The van der Waals surface area contributed by atoms with Crippen molar-refractivity contribution in [3.05, 3.63) is 64.1 Å². The number of hydrogen-bond donors (Lipinski definition) is 2. The van der Waals surface area contributed by atoms with Crippen molar-refractivity contribution in [2.24, 2.45) is 0 Å². The quantitative estimate of drug-likeness (QED) is 0.778. The van der Waals surface area contributed by atoms with Gasteiger partial charge in [0.05, 0.1) is 5.56 Å². The Kier molecular flexibility index (Phi) is 6.62. The first-order valence-electron chi connectivity index (χ1n) is 7.52.